The average molecular weight is 565 g/mol. The molecule has 2 saturated carbocycles. The molecule has 8 heteroatoms. The normalized spacial score (nSPS) is 38.3. The van der Waals surface area contributed by atoms with E-state index in [1.165, 1.54) is 19.4 Å². The van der Waals surface area contributed by atoms with Gasteiger partial charge in [0.25, 0.3) is 0 Å². The second-order valence-electron chi connectivity index (χ2n) is 14.7. The van der Waals surface area contributed by atoms with E-state index in [9.17, 15) is 9.59 Å². The van der Waals surface area contributed by atoms with Crippen LogP contribution in [0.5, 0.6) is 0 Å². The van der Waals surface area contributed by atoms with Gasteiger partial charge < -0.3 is 23.4 Å². The molecule has 1 heterocycles. The maximum Gasteiger partial charge on any atom is 0.302 e. The van der Waals surface area contributed by atoms with Crippen molar-refractivity contribution in [1.29, 1.82) is 0 Å². The molecule has 0 bridgehead atoms. The zero-order chi connectivity index (χ0) is 29.0. The van der Waals surface area contributed by atoms with Crippen LogP contribution in [0.15, 0.2) is 11.3 Å². The summed E-state index contributed by atoms with van der Waals surface area (Å²) in [6.45, 7) is 20.0. The SMILES string of the molecule is CO[C@H]1CC2=C(CC[C@@H]3[C@@]4(C)CCC[C@](C)(COC(C)=O)[C@@H]4C[C@@H](O[Si](C)(C)C(C)(C)C)[C@@]23COC(C)=O)O1. The highest BCUT2D eigenvalue weighted by Gasteiger charge is 2.68. The van der Waals surface area contributed by atoms with Crippen LogP contribution in [-0.2, 0) is 33.0 Å². The van der Waals surface area contributed by atoms with Gasteiger partial charge in [-0.15, -0.1) is 0 Å². The van der Waals surface area contributed by atoms with Crippen molar-refractivity contribution in [3.8, 4) is 0 Å². The Morgan fingerprint density at radius 2 is 1.67 bits per heavy atom. The summed E-state index contributed by atoms with van der Waals surface area (Å²) in [5.74, 6) is 1.08. The van der Waals surface area contributed by atoms with Crippen LogP contribution in [0.1, 0.15) is 93.4 Å². The third kappa shape index (κ3) is 5.23. The summed E-state index contributed by atoms with van der Waals surface area (Å²) in [4.78, 5) is 24.3. The number of allylic oxidation sites excluding steroid dienone is 1. The first-order valence-corrected chi connectivity index (χ1v) is 17.8. The number of rotatable bonds is 7. The first-order chi connectivity index (χ1) is 18.0. The summed E-state index contributed by atoms with van der Waals surface area (Å²) in [6.07, 6.45) is 6.08. The lowest BCUT2D eigenvalue weighted by molar-refractivity contribution is -0.206. The highest BCUT2D eigenvalue weighted by atomic mass is 28.4. The molecule has 4 aliphatic rings. The molecule has 0 radical (unpaired) electrons. The standard InChI is InChI=1S/C31H52O7Si/c1-20(32)35-18-29(6)14-11-15-30(7)24-13-12-23-22(16-27(34-8)37-23)31(24,19-36-21(2)33)26(17-25(29)30)38-39(9,10)28(3,4)5/h24-27H,11-19H2,1-10H3/t24-,25+,26-,27-,29-,30-,31+/m1/s1. The fraction of sp³-hybridized carbons (Fsp3) is 0.871. The predicted molar refractivity (Wildman–Crippen MR) is 152 cm³/mol. The Balaban J connectivity index is 1.89. The van der Waals surface area contributed by atoms with E-state index in [1.54, 1.807) is 7.11 Å². The highest BCUT2D eigenvalue weighted by molar-refractivity contribution is 6.74. The van der Waals surface area contributed by atoms with Gasteiger partial charge in [0, 0.05) is 39.2 Å². The summed E-state index contributed by atoms with van der Waals surface area (Å²) in [7, 11) is -0.528. The third-order valence-electron chi connectivity index (χ3n) is 11.4. The zero-order valence-corrected chi connectivity index (χ0v) is 27.0. The van der Waals surface area contributed by atoms with Gasteiger partial charge in [-0.05, 0) is 66.6 Å². The quantitative estimate of drug-likeness (QED) is 0.250. The van der Waals surface area contributed by atoms with Crippen molar-refractivity contribution in [1.82, 2.24) is 0 Å². The van der Waals surface area contributed by atoms with Crippen LogP contribution in [-0.4, -0.2) is 53.0 Å². The summed E-state index contributed by atoms with van der Waals surface area (Å²) in [5, 5.41) is 0.0204. The Bertz CT molecular complexity index is 999. The van der Waals surface area contributed by atoms with E-state index in [4.69, 9.17) is 23.4 Å². The molecule has 0 aromatic rings. The van der Waals surface area contributed by atoms with Crippen LogP contribution >= 0.6 is 0 Å². The van der Waals surface area contributed by atoms with Crippen molar-refractivity contribution in [2.75, 3.05) is 20.3 Å². The van der Waals surface area contributed by atoms with Crippen molar-refractivity contribution < 1.29 is 33.0 Å². The topological polar surface area (TPSA) is 80.3 Å². The van der Waals surface area contributed by atoms with Crippen molar-refractivity contribution >= 4 is 20.3 Å². The van der Waals surface area contributed by atoms with Gasteiger partial charge in [0.05, 0.1) is 23.9 Å². The number of hydrogen-bond acceptors (Lipinski definition) is 7. The predicted octanol–water partition coefficient (Wildman–Crippen LogP) is 6.76. The van der Waals surface area contributed by atoms with Gasteiger partial charge in [0.2, 0.25) is 6.29 Å². The number of carbonyl (C=O) groups is 2. The fourth-order valence-electron chi connectivity index (χ4n) is 8.46. The monoisotopic (exact) mass is 564 g/mol. The van der Waals surface area contributed by atoms with Crippen molar-refractivity contribution in [2.24, 2.45) is 28.1 Å². The second-order valence-corrected chi connectivity index (χ2v) is 19.5. The molecule has 0 amide bonds. The van der Waals surface area contributed by atoms with Gasteiger partial charge in [-0.2, -0.15) is 0 Å². The number of methoxy groups -OCH3 is 1. The van der Waals surface area contributed by atoms with E-state index >= 15 is 0 Å². The third-order valence-corrected chi connectivity index (χ3v) is 15.9. The molecule has 0 N–H and O–H groups in total. The molecule has 7 atom stereocenters. The largest absolute Gasteiger partial charge is 0.469 e. The van der Waals surface area contributed by atoms with Crippen LogP contribution in [0.25, 0.3) is 0 Å². The van der Waals surface area contributed by atoms with Gasteiger partial charge in [0.1, 0.15) is 6.61 Å². The van der Waals surface area contributed by atoms with E-state index in [-0.39, 0.29) is 46.1 Å². The lowest BCUT2D eigenvalue weighted by atomic mass is 9.39. The van der Waals surface area contributed by atoms with Crippen LogP contribution in [0.2, 0.25) is 18.1 Å². The smallest absolute Gasteiger partial charge is 0.302 e. The Kier molecular flexibility index (Phi) is 8.21. The average Bonchev–Trinajstić information content (AvgIpc) is 3.26. The molecule has 0 aromatic carbocycles. The van der Waals surface area contributed by atoms with Crippen LogP contribution in [0.3, 0.4) is 0 Å². The Morgan fingerprint density at radius 3 is 2.26 bits per heavy atom. The maximum atomic E-state index is 12.4. The molecule has 7 nitrogen and oxygen atoms in total. The molecular weight excluding hydrogens is 512 g/mol. The molecule has 1 aliphatic heterocycles. The van der Waals surface area contributed by atoms with Crippen LogP contribution in [0, 0.1) is 28.1 Å². The van der Waals surface area contributed by atoms with E-state index in [1.807, 2.05) is 0 Å². The number of fused-ring (bicyclic) bond motifs is 4. The van der Waals surface area contributed by atoms with Gasteiger partial charge in [-0.3, -0.25) is 9.59 Å². The Morgan fingerprint density at radius 1 is 1.03 bits per heavy atom. The zero-order valence-electron chi connectivity index (χ0n) is 26.0. The molecule has 0 spiro atoms. The van der Waals surface area contributed by atoms with Crippen LogP contribution < -0.4 is 0 Å². The van der Waals surface area contributed by atoms with Crippen molar-refractivity contribution in [3.63, 3.8) is 0 Å². The number of esters is 2. The number of carbonyl (C=O) groups excluding carboxylic acids is 2. The van der Waals surface area contributed by atoms with Gasteiger partial charge in [0.15, 0.2) is 8.32 Å². The molecule has 4 rings (SSSR count). The lowest BCUT2D eigenvalue weighted by Gasteiger charge is -2.67. The summed E-state index contributed by atoms with van der Waals surface area (Å²) < 4.78 is 31.2. The van der Waals surface area contributed by atoms with E-state index in [0.717, 1.165) is 44.3 Å². The minimum Gasteiger partial charge on any atom is -0.469 e. The molecule has 222 valence electrons. The van der Waals surface area contributed by atoms with Gasteiger partial charge in [-0.25, -0.2) is 0 Å². The molecular formula is C31H52O7Si. The Labute approximate surface area is 236 Å². The molecule has 0 aromatic heterocycles. The van der Waals surface area contributed by atoms with Crippen molar-refractivity contribution in [2.45, 2.75) is 124 Å². The number of hydrogen-bond donors (Lipinski definition) is 0. The molecule has 0 saturated heterocycles. The fourth-order valence-corrected chi connectivity index (χ4v) is 9.83. The number of ether oxygens (including phenoxy) is 4. The molecule has 39 heavy (non-hydrogen) atoms. The van der Waals surface area contributed by atoms with E-state index < -0.39 is 13.7 Å². The van der Waals surface area contributed by atoms with E-state index in [2.05, 4.69) is 47.7 Å². The molecule has 2 fully saturated rings. The maximum absolute atomic E-state index is 12.4. The first kappa shape index (κ1) is 30.6. The summed E-state index contributed by atoms with van der Waals surface area (Å²) in [5.41, 5.74) is 0.594. The van der Waals surface area contributed by atoms with Gasteiger partial charge >= 0.3 is 11.9 Å². The molecule has 0 unspecified atom stereocenters. The molecule has 3 aliphatic carbocycles. The lowest BCUT2D eigenvalue weighted by Crippen LogP contribution is -2.66. The van der Waals surface area contributed by atoms with Crippen LogP contribution in [0.4, 0.5) is 0 Å². The van der Waals surface area contributed by atoms with E-state index in [0.29, 0.717) is 25.6 Å². The van der Waals surface area contributed by atoms with Crippen molar-refractivity contribution in [3.05, 3.63) is 11.3 Å². The van der Waals surface area contributed by atoms with Gasteiger partial charge in [-0.1, -0.05) is 41.0 Å². The highest BCUT2D eigenvalue weighted by Crippen LogP contribution is 2.70. The minimum atomic E-state index is -2.23. The summed E-state index contributed by atoms with van der Waals surface area (Å²) in [6, 6.07) is 0. The minimum absolute atomic E-state index is 0.0204. The Hall–Kier alpha value is -1.38. The first-order valence-electron chi connectivity index (χ1n) is 14.9. The summed E-state index contributed by atoms with van der Waals surface area (Å²) >= 11 is 0. The second kappa shape index (κ2) is 10.5.